The highest BCUT2D eigenvalue weighted by atomic mass is 35.5. The summed E-state index contributed by atoms with van der Waals surface area (Å²) >= 11 is 5.99. The number of halogens is 1. The summed E-state index contributed by atoms with van der Waals surface area (Å²) in [6.45, 7) is 1.74. The minimum absolute atomic E-state index is 0.00713. The number of carbonyl (C=O) groups excluding carboxylic acids is 2. The standard InChI is InChI=1S/C20H22ClN3O4/c1-13(15-9-8-14(27-2)12-18(15)28-3)23-24-20(26)11-10-19(25)22-17-7-5-4-6-16(17)21/h4-9,12H,10-11H2,1-3H3,(H,22,25)(H,24,26)/b23-13+. The van der Waals surface area contributed by atoms with Gasteiger partial charge in [-0.3, -0.25) is 9.59 Å². The van der Waals surface area contributed by atoms with Crippen molar-refractivity contribution in [3.05, 3.63) is 53.1 Å². The van der Waals surface area contributed by atoms with Crippen LogP contribution in [-0.4, -0.2) is 31.7 Å². The third kappa shape index (κ3) is 5.99. The number of amides is 2. The molecule has 2 amide bonds. The van der Waals surface area contributed by atoms with Gasteiger partial charge in [0.25, 0.3) is 0 Å². The van der Waals surface area contributed by atoms with Crippen molar-refractivity contribution in [1.29, 1.82) is 0 Å². The number of para-hydroxylation sites is 1. The van der Waals surface area contributed by atoms with Crippen LogP contribution in [0.3, 0.4) is 0 Å². The van der Waals surface area contributed by atoms with Gasteiger partial charge in [-0.1, -0.05) is 23.7 Å². The first-order chi connectivity index (χ1) is 13.4. The average Bonchev–Trinajstić information content (AvgIpc) is 2.71. The number of hydrogen-bond donors (Lipinski definition) is 2. The second-order valence-corrected chi connectivity index (χ2v) is 6.23. The van der Waals surface area contributed by atoms with E-state index < -0.39 is 0 Å². The number of ether oxygens (including phenoxy) is 2. The lowest BCUT2D eigenvalue weighted by atomic mass is 10.1. The van der Waals surface area contributed by atoms with Crippen LogP contribution in [0.5, 0.6) is 11.5 Å². The van der Waals surface area contributed by atoms with Gasteiger partial charge in [0.1, 0.15) is 11.5 Å². The lowest BCUT2D eigenvalue weighted by molar-refractivity contribution is -0.124. The highest BCUT2D eigenvalue weighted by molar-refractivity contribution is 6.33. The zero-order valence-electron chi connectivity index (χ0n) is 15.9. The van der Waals surface area contributed by atoms with Crippen molar-refractivity contribution in [2.75, 3.05) is 19.5 Å². The second kappa shape index (κ2) is 10.3. The average molecular weight is 404 g/mol. The van der Waals surface area contributed by atoms with Crippen LogP contribution >= 0.6 is 11.6 Å². The molecule has 0 spiro atoms. The molecule has 2 aromatic rings. The minimum atomic E-state index is -0.374. The molecular formula is C20H22ClN3O4. The monoisotopic (exact) mass is 403 g/mol. The van der Waals surface area contributed by atoms with Crippen LogP contribution < -0.4 is 20.2 Å². The number of nitrogens with one attached hydrogen (secondary N) is 2. The van der Waals surface area contributed by atoms with Crippen LogP contribution in [0, 0.1) is 0 Å². The van der Waals surface area contributed by atoms with E-state index >= 15 is 0 Å². The van der Waals surface area contributed by atoms with Crippen LogP contribution in [0.4, 0.5) is 5.69 Å². The van der Waals surface area contributed by atoms with E-state index in [-0.39, 0.29) is 24.7 Å². The Labute approximate surface area is 168 Å². The first-order valence-electron chi connectivity index (χ1n) is 8.54. The van der Waals surface area contributed by atoms with Gasteiger partial charge in [-0.15, -0.1) is 0 Å². The lowest BCUT2D eigenvalue weighted by Crippen LogP contribution is -2.22. The summed E-state index contributed by atoms with van der Waals surface area (Å²) < 4.78 is 10.5. The van der Waals surface area contributed by atoms with E-state index in [0.29, 0.717) is 27.9 Å². The fourth-order valence-corrected chi connectivity index (χ4v) is 2.55. The SMILES string of the molecule is COc1ccc(/C(C)=N/NC(=O)CCC(=O)Nc2ccccc2Cl)c(OC)c1. The molecule has 0 heterocycles. The molecule has 0 radical (unpaired) electrons. The molecule has 148 valence electrons. The largest absolute Gasteiger partial charge is 0.497 e. The van der Waals surface area contributed by atoms with Crippen molar-refractivity contribution in [2.24, 2.45) is 5.10 Å². The third-order valence-corrected chi connectivity index (χ3v) is 4.20. The maximum Gasteiger partial charge on any atom is 0.240 e. The zero-order chi connectivity index (χ0) is 20.5. The third-order valence-electron chi connectivity index (χ3n) is 3.87. The number of methoxy groups -OCH3 is 2. The number of nitrogens with zero attached hydrogens (tertiary/aromatic N) is 1. The van der Waals surface area contributed by atoms with Crippen molar-refractivity contribution in [2.45, 2.75) is 19.8 Å². The molecule has 28 heavy (non-hydrogen) atoms. The van der Waals surface area contributed by atoms with Gasteiger partial charge in [-0.05, 0) is 31.2 Å². The number of benzene rings is 2. The van der Waals surface area contributed by atoms with Gasteiger partial charge in [-0.25, -0.2) is 5.43 Å². The summed E-state index contributed by atoms with van der Waals surface area (Å²) in [5, 5.41) is 7.18. The minimum Gasteiger partial charge on any atom is -0.497 e. The number of rotatable bonds is 8. The van der Waals surface area contributed by atoms with Crippen molar-refractivity contribution < 1.29 is 19.1 Å². The van der Waals surface area contributed by atoms with Gasteiger partial charge in [0.2, 0.25) is 11.8 Å². The molecule has 0 aromatic heterocycles. The molecule has 2 aromatic carbocycles. The summed E-state index contributed by atoms with van der Waals surface area (Å²) in [6, 6.07) is 12.2. The Morgan fingerprint density at radius 1 is 1.04 bits per heavy atom. The second-order valence-electron chi connectivity index (χ2n) is 5.83. The van der Waals surface area contributed by atoms with Crippen LogP contribution in [0.1, 0.15) is 25.3 Å². The van der Waals surface area contributed by atoms with Gasteiger partial charge in [-0.2, -0.15) is 5.10 Å². The molecule has 0 fully saturated rings. The van der Waals surface area contributed by atoms with Crippen molar-refractivity contribution in [1.82, 2.24) is 5.43 Å². The summed E-state index contributed by atoms with van der Waals surface area (Å²) in [4.78, 5) is 23.9. The summed E-state index contributed by atoms with van der Waals surface area (Å²) in [5.41, 5.74) is 4.24. The molecule has 0 aliphatic rings. The van der Waals surface area contributed by atoms with Gasteiger partial charge in [0.15, 0.2) is 0 Å². The molecule has 2 N–H and O–H groups in total. The van der Waals surface area contributed by atoms with E-state index in [1.807, 2.05) is 0 Å². The predicted octanol–water partition coefficient (Wildman–Crippen LogP) is 3.62. The van der Waals surface area contributed by atoms with Crippen molar-refractivity contribution >= 4 is 34.8 Å². The molecule has 0 aliphatic heterocycles. The Morgan fingerprint density at radius 3 is 2.43 bits per heavy atom. The zero-order valence-corrected chi connectivity index (χ0v) is 16.7. The Kier molecular flexibility index (Phi) is 7.83. The summed E-state index contributed by atoms with van der Waals surface area (Å²) in [5.74, 6) is 0.554. The molecule has 8 heteroatoms. The van der Waals surface area contributed by atoms with E-state index in [1.54, 1.807) is 63.6 Å². The lowest BCUT2D eigenvalue weighted by Gasteiger charge is -2.10. The Bertz CT molecular complexity index is 884. The van der Waals surface area contributed by atoms with Crippen molar-refractivity contribution in [3.63, 3.8) is 0 Å². The highest BCUT2D eigenvalue weighted by Gasteiger charge is 2.11. The van der Waals surface area contributed by atoms with Crippen molar-refractivity contribution in [3.8, 4) is 11.5 Å². The molecule has 0 unspecified atom stereocenters. The quantitative estimate of drug-likeness (QED) is 0.520. The van der Waals surface area contributed by atoms with E-state index in [2.05, 4.69) is 15.8 Å². The summed E-state index contributed by atoms with van der Waals surface area (Å²) in [6.07, 6.45) is 0.00426. The summed E-state index contributed by atoms with van der Waals surface area (Å²) in [7, 11) is 3.11. The molecule has 0 saturated heterocycles. The fraction of sp³-hybridized carbons (Fsp3) is 0.250. The smallest absolute Gasteiger partial charge is 0.240 e. The molecule has 0 atom stereocenters. The van der Waals surface area contributed by atoms with Gasteiger partial charge >= 0.3 is 0 Å². The van der Waals surface area contributed by atoms with Crippen LogP contribution in [-0.2, 0) is 9.59 Å². The molecule has 0 aliphatic carbocycles. The highest BCUT2D eigenvalue weighted by Crippen LogP contribution is 2.25. The molecule has 7 nitrogen and oxygen atoms in total. The van der Waals surface area contributed by atoms with E-state index in [1.165, 1.54) is 0 Å². The van der Waals surface area contributed by atoms with Crippen LogP contribution in [0.2, 0.25) is 5.02 Å². The van der Waals surface area contributed by atoms with E-state index in [4.69, 9.17) is 21.1 Å². The predicted molar refractivity (Wildman–Crippen MR) is 109 cm³/mol. The first-order valence-corrected chi connectivity index (χ1v) is 8.92. The Balaban J connectivity index is 1.89. The number of hydrogen-bond acceptors (Lipinski definition) is 5. The molecular weight excluding hydrogens is 382 g/mol. The van der Waals surface area contributed by atoms with E-state index in [0.717, 1.165) is 5.56 Å². The van der Waals surface area contributed by atoms with Gasteiger partial charge in [0.05, 0.1) is 30.6 Å². The molecule has 0 saturated carbocycles. The maximum absolute atomic E-state index is 12.0. The van der Waals surface area contributed by atoms with E-state index in [9.17, 15) is 9.59 Å². The first kappa shape index (κ1) is 21.2. The van der Waals surface area contributed by atoms with Crippen LogP contribution in [0.15, 0.2) is 47.6 Å². The van der Waals surface area contributed by atoms with Gasteiger partial charge < -0.3 is 14.8 Å². The fourth-order valence-electron chi connectivity index (χ4n) is 2.36. The van der Waals surface area contributed by atoms with Crippen LogP contribution in [0.25, 0.3) is 0 Å². The topological polar surface area (TPSA) is 89.0 Å². The number of carbonyl (C=O) groups is 2. The normalized spacial score (nSPS) is 10.9. The van der Waals surface area contributed by atoms with Gasteiger partial charge in [0, 0.05) is 24.5 Å². The Morgan fingerprint density at radius 2 is 1.75 bits per heavy atom. The number of anilines is 1. The molecule has 2 rings (SSSR count). The maximum atomic E-state index is 12.0. The Hall–Kier alpha value is -3.06. The molecule has 0 bridgehead atoms. The number of hydrazone groups is 1.